The number of nitro groups is 2. The van der Waals surface area contributed by atoms with Crippen molar-refractivity contribution in [3.8, 4) is 11.5 Å². The van der Waals surface area contributed by atoms with E-state index in [0.717, 1.165) is 25.7 Å². The van der Waals surface area contributed by atoms with Crippen LogP contribution in [0, 0.1) is 20.2 Å². The number of benzene rings is 2. The summed E-state index contributed by atoms with van der Waals surface area (Å²) in [7, 11) is 0. The number of aliphatic imine (C=N–C) groups is 2. The van der Waals surface area contributed by atoms with Crippen molar-refractivity contribution < 1.29 is 36.6 Å². The van der Waals surface area contributed by atoms with Crippen LogP contribution in [0.4, 0.5) is 11.4 Å². The fraction of sp³-hybridized carbons (Fsp3) is 0.364. The van der Waals surface area contributed by atoms with E-state index in [1.54, 1.807) is 0 Å². The minimum atomic E-state index is -0.497. The maximum atomic E-state index is 10.5. The molecule has 0 bridgehead atoms. The molecule has 0 fully saturated rings. The van der Waals surface area contributed by atoms with E-state index in [1.165, 1.54) is 48.8 Å². The van der Waals surface area contributed by atoms with Crippen molar-refractivity contribution in [1.82, 2.24) is 0 Å². The fourth-order valence-electron chi connectivity index (χ4n) is 2.34. The van der Waals surface area contributed by atoms with Gasteiger partial charge in [-0.05, 0) is 25.0 Å². The number of non-ortho nitro benzene ring substituents is 2. The molecule has 0 aliphatic rings. The van der Waals surface area contributed by atoms with Crippen molar-refractivity contribution in [1.29, 1.82) is 0 Å². The first-order valence-corrected chi connectivity index (χ1v) is 10.2. The molecule has 0 aliphatic heterocycles. The van der Waals surface area contributed by atoms with Gasteiger partial charge in [-0.15, -0.1) is 0 Å². The molecule has 2 aromatic rings. The van der Waals surface area contributed by atoms with Crippen LogP contribution < -0.4 is 0 Å². The number of phenols is 2. The van der Waals surface area contributed by atoms with Crippen molar-refractivity contribution in [3.05, 3.63) is 67.8 Å². The molecular weight excluding hydrogens is 475 g/mol. The molecular formula is C22H28N4NiO6. The molecule has 0 saturated heterocycles. The number of rotatable bonds is 10. The van der Waals surface area contributed by atoms with E-state index < -0.39 is 9.85 Å². The topological polar surface area (TPSA) is 151 Å². The standard InChI is InChI=1S/2C11H14N2O3.Ni/c2*1-2-3-6-12-8-9-7-10(13(15)16)4-5-11(9)14;/h2*4-5,7-8,14H,2-3,6H2,1H3;. The zero-order chi connectivity index (χ0) is 23.9. The van der Waals surface area contributed by atoms with Crippen LogP contribution in [0.5, 0.6) is 11.5 Å². The molecule has 0 aliphatic carbocycles. The molecule has 0 heterocycles. The van der Waals surface area contributed by atoms with Crippen molar-refractivity contribution in [2.45, 2.75) is 39.5 Å². The zero-order valence-corrected chi connectivity index (χ0v) is 19.5. The molecule has 182 valence electrons. The normalized spacial score (nSPS) is 10.5. The molecule has 2 N–H and O–H groups in total. The van der Waals surface area contributed by atoms with Crippen molar-refractivity contribution >= 4 is 23.8 Å². The molecule has 0 aromatic heterocycles. The summed E-state index contributed by atoms with van der Waals surface area (Å²) in [6.07, 6.45) is 6.95. The van der Waals surface area contributed by atoms with Gasteiger partial charge in [-0.1, -0.05) is 26.7 Å². The Hall–Kier alpha value is -3.33. The number of hydrogen-bond acceptors (Lipinski definition) is 8. The average molecular weight is 503 g/mol. The fourth-order valence-corrected chi connectivity index (χ4v) is 2.34. The Morgan fingerprint density at radius 3 is 1.45 bits per heavy atom. The summed E-state index contributed by atoms with van der Waals surface area (Å²) < 4.78 is 0. The summed E-state index contributed by atoms with van der Waals surface area (Å²) in [5, 5.41) is 40.0. The van der Waals surface area contributed by atoms with Gasteiger partial charge in [0, 0.05) is 77.4 Å². The summed E-state index contributed by atoms with van der Waals surface area (Å²) in [4.78, 5) is 28.2. The van der Waals surface area contributed by atoms with Gasteiger partial charge in [0.15, 0.2) is 0 Å². The van der Waals surface area contributed by atoms with E-state index in [0.29, 0.717) is 24.2 Å². The first-order chi connectivity index (χ1) is 15.3. The molecule has 0 atom stereocenters. The Labute approximate surface area is 202 Å². The van der Waals surface area contributed by atoms with Gasteiger partial charge in [0.1, 0.15) is 11.5 Å². The van der Waals surface area contributed by atoms with E-state index >= 15 is 0 Å². The van der Waals surface area contributed by atoms with Crippen molar-refractivity contribution in [2.75, 3.05) is 13.1 Å². The SMILES string of the molecule is CCCCN=Cc1cc([N+](=O)[O-])ccc1O.CCCCN=Cc1cc([N+](=O)[O-])ccc1O.[Ni]. The number of aromatic hydroxyl groups is 2. The Morgan fingerprint density at radius 1 is 0.788 bits per heavy atom. The number of nitro benzene ring substituents is 2. The van der Waals surface area contributed by atoms with Crippen LogP contribution in [-0.2, 0) is 16.5 Å². The van der Waals surface area contributed by atoms with Crippen LogP contribution in [0.2, 0.25) is 0 Å². The van der Waals surface area contributed by atoms with E-state index in [-0.39, 0.29) is 39.4 Å². The van der Waals surface area contributed by atoms with Crippen LogP contribution >= 0.6 is 0 Å². The van der Waals surface area contributed by atoms with E-state index in [1.807, 2.05) is 0 Å². The summed E-state index contributed by atoms with van der Waals surface area (Å²) in [5.74, 6) is 0.0108. The predicted octanol–water partition coefficient (Wildman–Crippen LogP) is 5.04. The molecule has 0 amide bonds. The second-order valence-electron chi connectivity index (χ2n) is 6.78. The maximum absolute atomic E-state index is 10.5. The van der Waals surface area contributed by atoms with Crippen LogP contribution in [0.25, 0.3) is 0 Å². The molecule has 0 saturated carbocycles. The van der Waals surface area contributed by atoms with Gasteiger partial charge in [-0.2, -0.15) is 0 Å². The van der Waals surface area contributed by atoms with Gasteiger partial charge in [0.2, 0.25) is 0 Å². The van der Waals surface area contributed by atoms with Gasteiger partial charge in [0.05, 0.1) is 9.85 Å². The summed E-state index contributed by atoms with van der Waals surface area (Å²) in [5.41, 5.74) is 0.667. The van der Waals surface area contributed by atoms with Gasteiger partial charge in [0.25, 0.3) is 11.4 Å². The minimum absolute atomic E-state index is 0. The summed E-state index contributed by atoms with van der Waals surface area (Å²) >= 11 is 0. The minimum Gasteiger partial charge on any atom is -0.507 e. The summed E-state index contributed by atoms with van der Waals surface area (Å²) in [6.45, 7) is 5.44. The Balaban J connectivity index is 0.000000602. The third-order valence-electron chi connectivity index (χ3n) is 4.19. The Morgan fingerprint density at radius 2 is 1.15 bits per heavy atom. The molecule has 10 nitrogen and oxygen atoms in total. The van der Waals surface area contributed by atoms with E-state index in [4.69, 9.17) is 0 Å². The number of nitrogens with zero attached hydrogens (tertiary/aromatic N) is 4. The van der Waals surface area contributed by atoms with Gasteiger partial charge in [-0.25, -0.2) is 0 Å². The number of phenolic OH excluding ortho intramolecular Hbond substituents is 2. The van der Waals surface area contributed by atoms with Crippen LogP contribution in [0.3, 0.4) is 0 Å². The molecule has 2 aromatic carbocycles. The van der Waals surface area contributed by atoms with Gasteiger partial charge in [-0.3, -0.25) is 30.2 Å². The van der Waals surface area contributed by atoms with Crippen molar-refractivity contribution in [2.24, 2.45) is 9.98 Å². The van der Waals surface area contributed by atoms with E-state index in [9.17, 15) is 30.4 Å². The second kappa shape index (κ2) is 16.3. The monoisotopic (exact) mass is 502 g/mol. The molecule has 0 unspecified atom stereocenters. The van der Waals surface area contributed by atoms with Gasteiger partial charge >= 0.3 is 0 Å². The van der Waals surface area contributed by atoms with Crippen LogP contribution in [-0.4, -0.2) is 45.6 Å². The number of hydrogen-bond donors (Lipinski definition) is 2. The molecule has 2 rings (SSSR count). The van der Waals surface area contributed by atoms with Gasteiger partial charge < -0.3 is 10.2 Å². The van der Waals surface area contributed by atoms with Crippen LogP contribution in [0.15, 0.2) is 46.4 Å². The number of unbranched alkanes of at least 4 members (excludes halogenated alkanes) is 2. The Kier molecular flexibility index (Phi) is 14.7. The first-order valence-electron chi connectivity index (χ1n) is 10.2. The first kappa shape index (κ1) is 29.7. The van der Waals surface area contributed by atoms with Crippen molar-refractivity contribution in [3.63, 3.8) is 0 Å². The molecule has 0 radical (unpaired) electrons. The maximum Gasteiger partial charge on any atom is 0.270 e. The zero-order valence-electron chi connectivity index (χ0n) is 18.5. The molecule has 0 spiro atoms. The third kappa shape index (κ3) is 11.2. The molecule has 11 heteroatoms. The van der Waals surface area contributed by atoms with E-state index in [2.05, 4.69) is 23.8 Å². The third-order valence-corrected chi connectivity index (χ3v) is 4.19. The average Bonchev–Trinajstić information content (AvgIpc) is 2.76. The predicted molar refractivity (Wildman–Crippen MR) is 124 cm³/mol. The largest absolute Gasteiger partial charge is 0.507 e. The quantitative estimate of drug-likeness (QED) is 0.152. The summed E-state index contributed by atoms with van der Waals surface area (Å²) in [6, 6.07) is 7.76. The smallest absolute Gasteiger partial charge is 0.270 e. The Bertz CT molecular complexity index is 888. The molecule has 33 heavy (non-hydrogen) atoms. The second-order valence-corrected chi connectivity index (χ2v) is 6.78. The van der Waals surface area contributed by atoms with Crippen LogP contribution in [0.1, 0.15) is 50.7 Å².